The van der Waals surface area contributed by atoms with Crippen molar-refractivity contribution in [1.82, 2.24) is 9.62 Å². The van der Waals surface area contributed by atoms with Crippen LogP contribution in [0.15, 0.2) is 65.6 Å². The highest BCUT2D eigenvalue weighted by atomic mass is 32.2. The molecule has 2 atom stereocenters. The van der Waals surface area contributed by atoms with E-state index >= 15 is 0 Å². The van der Waals surface area contributed by atoms with Gasteiger partial charge in [0.15, 0.2) is 11.5 Å². The van der Waals surface area contributed by atoms with Gasteiger partial charge in [0.1, 0.15) is 11.6 Å². The summed E-state index contributed by atoms with van der Waals surface area (Å²) in [5.41, 5.74) is 2.51. The molecule has 0 amide bonds. The Labute approximate surface area is 211 Å². The van der Waals surface area contributed by atoms with Gasteiger partial charge in [0.05, 0.1) is 32.3 Å². The minimum absolute atomic E-state index is 0.138. The summed E-state index contributed by atoms with van der Waals surface area (Å²) in [7, 11) is 0.842. The number of benzene rings is 3. The number of methoxy groups -OCH3 is 3. The number of halogens is 1. The van der Waals surface area contributed by atoms with Crippen molar-refractivity contribution < 1.29 is 27.0 Å². The summed E-state index contributed by atoms with van der Waals surface area (Å²) in [6.45, 7) is 2.78. The smallest absolute Gasteiger partial charge is 0.240 e. The van der Waals surface area contributed by atoms with E-state index in [1.807, 2.05) is 19.1 Å². The molecule has 3 aromatic carbocycles. The van der Waals surface area contributed by atoms with Crippen molar-refractivity contribution in [2.24, 2.45) is 0 Å². The minimum Gasteiger partial charge on any atom is -0.497 e. The van der Waals surface area contributed by atoms with Crippen LogP contribution in [0.1, 0.15) is 29.7 Å². The summed E-state index contributed by atoms with van der Waals surface area (Å²) in [5, 5.41) is 0. The Balaban J connectivity index is 1.72. The molecule has 1 aliphatic rings. The number of nitrogens with one attached hydrogen (secondary N) is 1. The minimum atomic E-state index is -3.83. The molecule has 1 aliphatic heterocycles. The first-order valence-electron chi connectivity index (χ1n) is 11.7. The van der Waals surface area contributed by atoms with E-state index in [0.717, 1.165) is 11.1 Å². The van der Waals surface area contributed by atoms with E-state index in [9.17, 15) is 12.8 Å². The molecule has 3 aromatic rings. The topological polar surface area (TPSA) is 77.1 Å². The van der Waals surface area contributed by atoms with Crippen molar-refractivity contribution in [1.29, 1.82) is 0 Å². The molecular formula is C27H31FN2O5S. The van der Waals surface area contributed by atoms with Gasteiger partial charge in [-0.2, -0.15) is 0 Å². The fourth-order valence-electron chi connectivity index (χ4n) is 4.77. The van der Waals surface area contributed by atoms with Crippen LogP contribution in [0.4, 0.5) is 4.39 Å². The molecule has 0 bridgehead atoms. The van der Waals surface area contributed by atoms with Crippen LogP contribution in [0, 0.1) is 5.82 Å². The van der Waals surface area contributed by atoms with Gasteiger partial charge >= 0.3 is 0 Å². The van der Waals surface area contributed by atoms with Crippen LogP contribution in [-0.2, 0) is 23.0 Å². The monoisotopic (exact) mass is 514 g/mol. The van der Waals surface area contributed by atoms with Crippen molar-refractivity contribution in [2.75, 3.05) is 27.9 Å². The molecule has 0 radical (unpaired) electrons. The van der Waals surface area contributed by atoms with Gasteiger partial charge in [-0.1, -0.05) is 18.2 Å². The molecular weight excluding hydrogens is 483 g/mol. The maximum Gasteiger partial charge on any atom is 0.240 e. The molecule has 36 heavy (non-hydrogen) atoms. The Bertz CT molecular complexity index is 1310. The lowest BCUT2D eigenvalue weighted by atomic mass is 9.88. The number of sulfonamides is 1. The summed E-state index contributed by atoms with van der Waals surface area (Å²) in [6.07, 6.45) is 0.707. The number of nitrogens with zero attached hydrogens (tertiary/aromatic N) is 1. The number of fused-ring (bicyclic) bond motifs is 1. The van der Waals surface area contributed by atoms with E-state index in [4.69, 9.17) is 14.2 Å². The van der Waals surface area contributed by atoms with Crippen molar-refractivity contribution in [2.45, 2.75) is 36.9 Å². The largest absolute Gasteiger partial charge is 0.497 e. The normalized spacial score (nSPS) is 16.8. The second-order valence-corrected chi connectivity index (χ2v) is 10.5. The Morgan fingerprint density at radius 1 is 1.00 bits per heavy atom. The van der Waals surface area contributed by atoms with Crippen LogP contribution in [-0.4, -0.2) is 47.2 Å². The Kier molecular flexibility index (Phi) is 7.82. The van der Waals surface area contributed by atoms with Gasteiger partial charge in [0.25, 0.3) is 0 Å². The fraction of sp³-hybridized carbons (Fsp3) is 0.333. The molecule has 0 saturated heterocycles. The summed E-state index contributed by atoms with van der Waals surface area (Å²) < 4.78 is 60.1. The Morgan fingerprint density at radius 2 is 1.67 bits per heavy atom. The first-order valence-corrected chi connectivity index (χ1v) is 13.1. The lowest BCUT2D eigenvalue weighted by Gasteiger charge is -2.41. The molecule has 0 spiro atoms. The first-order chi connectivity index (χ1) is 17.3. The lowest BCUT2D eigenvalue weighted by Crippen LogP contribution is -2.47. The average Bonchev–Trinajstić information content (AvgIpc) is 2.88. The number of hydrogen-bond acceptors (Lipinski definition) is 6. The highest BCUT2D eigenvalue weighted by Crippen LogP contribution is 2.40. The second-order valence-electron chi connectivity index (χ2n) is 8.75. The van der Waals surface area contributed by atoms with Crippen LogP contribution >= 0.6 is 0 Å². The molecule has 0 aliphatic carbocycles. The SMILES string of the molecule is COc1ccc(S(=O)(=O)N[C@H](C)[C@@H]2c3cc(OC)c(OC)cc3CCN2Cc2ccccc2F)cc1. The molecule has 9 heteroatoms. The third kappa shape index (κ3) is 5.33. The zero-order chi connectivity index (χ0) is 25.9. The van der Waals surface area contributed by atoms with Crippen LogP contribution in [0.3, 0.4) is 0 Å². The summed E-state index contributed by atoms with van der Waals surface area (Å²) in [4.78, 5) is 2.24. The maximum absolute atomic E-state index is 14.6. The van der Waals surface area contributed by atoms with Crippen molar-refractivity contribution in [3.63, 3.8) is 0 Å². The van der Waals surface area contributed by atoms with Crippen molar-refractivity contribution in [3.8, 4) is 17.2 Å². The van der Waals surface area contributed by atoms with Crippen molar-refractivity contribution in [3.05, 3.63) is 83.2 Å². The quantitative estimate of drug-likeness (QED) is 0.458. The fourth-order valence-corrected chi connectivity index (χ4v) is 6.02. The molecule has 0 unspecified atom stereocenters. The molecule has 0 aromatic heterocycles. The van der Waals surface area contributed by atoms with E-state index in [2.05, 4.69) is 9.62 Å². The predicted octanol–water partition coefficient (Wildman–Crippen LogP) is 4.32. The van der Waals surface area contributed by atoms with Crippen LogP contribution < -0.4 is 18.9 Å². The van der Waals surface area contributed by atoms with E-state index < -0.39 is 16.1 Å². The van der Waals surface area contributed by atoms with Crippen LogP contribution in [0.5, 0.6) is 17.2 Å². The molecule has 0 saturated carbocycles. The summed E-state index contributed by atoms with van der Waals surface area (Å²) >= 11 is 0. The van der Waals surface area contributed by atoms with Gasteiger partial charge in [0.2, 0.25) is 10.0 Å². The Morgan fingerprint density at radius 3 is 2.31 bits per heavy atom. The number of ether oxygens (including phenoxy) is 3. The molecule has 192 valence electrons. The van der Waals surface area contributed by atoms with E-state index in [0.29, 0.717) is 42.3 Å². The standard InChI is InChI=1S/C27H31FN2O5S/c1-18(29-36(31,32)22-11-9-21(33-2)10-12-22)27-23-16-26(35-4)25(34-3)15-19(23)13-14-30(27)17-20-7-5-6-8-24(20)28/h5-12,15-16,18,27,29H,13-14,17H2,1-4H3/t18-,27-/m1/s1. The highest BCUT2D eigenvalue weighted by Gasteiger charge is 2.35. The summed E-state index contributed by atoms with van der Waals surface area (Å²) in [6, 6.07) is 15.8. The Hall–Kier alpha value is -3.14. The van der Waals surface area contributed by atoms with E-state index in [1.54, 1.807) is 44.6 Å². The third-order valence-corrected chi connectivity index (χ3v) is 8.12. The van der Waals surface area contributed by atoms with Gasteiger partial charge in [-0.3, -0.25) is 4.90 Å². The summed E-state index contributed by atoms with van der Waals surface area (Å²) in [5.74, 6) is 1.45. The number of hydrogen-bond donors (Lipinski definition) is 1. The van der Waals surface area contributed by atoms with Gasteiger partial charge in [-0.15, -0.1) is 0 Å². The van der Waals surface area contributed by atoms with Gasteiger partial charge in [-0.25, -0.2) is 17.5 Å². The lowest BCUT2D eigenvalue weighted by molar-refractivity contribution is 0.148. The van der Waals surface area contributed by atoms with E-state index in [1.165, 1.54) is 25.3 Å². The third-order valence-electron chi connectivity index (χ3n) is 6.54. The van der Waals surface area contributed by atoms with E-state index in [-0.39, 0.29) is 16.8 Å². The second kappa shape index (κ2) is 10.9. The molecule has 7 nitrogen and oxygen atoms in total. The predicted molar refractivity (Wildman–Crippen MR) is 136 cm³/mol. The van der Waals surface area contributed by atoms with Crippen LogP contribution in [0.25, 0.3) is 0 Å². The average molecular weight is 515 g/mol. The van der Waals surface area contributed by atoms with Gasteiger partial charge in [0, 0.05) is 24.7 Å². The molecule has 0 fully saturated rings. The number of rotatable bonds is 9. The molecule has 1 heterocycles. The van der Waals surface area contributed by atoms with Gasteiger partial charge < -0.3 is 14.2 Å². The van der Waals surface area contributed by atoms with Gasteiger partial charge in [-0.05, 0) is 66.9 Å². The molecule has 4 rings (SSSR count). The zero-order valence-corrected chi connectivity index (χ0v) is 21.6. The first kappa shape index (κ1) is 25.9. The van der Waals surface area contributed by atoms with Crippen molar-refractivity contribution >= 4 is 10.0 Å². The highest BCUT2D eigenvalue weighted by molar-refractivity contribution is 7.89. The zero-order valence-electron chi connectivity index (χ0n) is 20.8. The molecule has 1 N–H and O–H groups in total. The van der Waals surface area contributed by atoms with Crippen LogP contribution in [0.2, 0.25) is 0 Å². The maximum atomic E-state index is 14.6.